The number of hydrogen-bond donors (Lipinski definition) is 1. The summed E-state index contributed by atoms with van der Waals surface area (Å²) in [5, 5.41) is 10.3. The summed E-state index contributed by atoms with van der Waals surface area (Å²) in [7, 11) is 3.11. The minimum Gasteiger partial charge on any atom is -0.503 e. The normalized spacial score (nSPS) is 16.8. The maximum Gasteiger partial charge on any atom is 0.294 e. The van der Waals surface area contributed by atoms with Crippen LogP contribution < -0.4 is 14.4 Å². The molecule has 0 radical (unpaired) electrons. The summed E-state index contributed by atoms with van der Waals surface area (Å²) in [5.74, 6) is -0.181. The molecule has 2 aromatic carbocycles. The number of benzene rings is 2. The van der Waals surface area contributed by atoms with E-state index in [1.807, 2.05) is 0 Å². The van der Waals surface area contributed by atoms with Gasteiger partial charge in [-0.1, -0.05) is 12.1 Å². The lowest BCUT2D eigenvalue weighted by Crippen LogP contribution is -2.30. The molecular formula is C20H19NO5. The number of carbonyl (C=O) groups is 2. The molecule has 1 atom stereocenters. The predicted molar refractivity (Wildman–Crippen MR) is 96.6 cm³/mol. The van der Waals surface area contributed by atoms with Crippen LogP contribution in [0, 0.1) is 0 Å². The van der Waals surface area contributed by atoms with Gasteiger partial charge in [-0.05, 0) is 48.9 Å². The Morgan fingerprint density at radius 2 is 1.46 bits per heavy atom. The molecular weight excluding hydrogens is 334 g/mol. The van der Waals surface area contributed by atoms with Crippen molar-refractivity contribution in [3.63, 3.8) is 0 Å². The summed E-state index contributed by atoms with van der Waals surface area (Å²) < 4.78 is 10.3. The summed E-state index contributed by atoms with van der Waals surface area (Å²) in [6.45, 7) is 1.34. The van der Waals surface area contributed by atoms with E-state index in [1.165, 1.54) is 11.8 Å². The maximum absolute atomic E-state index is 12.7. The zero-order chi connectivity index (χ0) is 18.8. The van der Waals surface area contributed by atoms with Crippen molar-refractivity contribution in [2.75, 3.05) is 19.1 Å². The zero-order valence-electron chi connectivity index (χ0n) is 14.7. The minimum atomic E-state index is -0.709. The number of ketones is 1. The van der Waals surface area contributed by atoms with E-state index in [1.54, 1.807) is 62.8 Å². The third-order valence-electron chi connectivity index (χ3n) is 4.37. The summed E-state index contributed by atoms with van der Waals surface area (Å²) in [6.07, 6.45) is 0. The van der Waals surface area contributed by atoms with Gasteiger partial charge in [-0.25, -0.2) is 0 Å². The largest absolute Gasteiger partial charge is 0.503 e. The lowest BCUT2D eigenvalue weighted by molar-refractivity contribution is -0.117. The smallest absolute Gasteiger partial charge is 0.294 e. The lowest BCUT2D eigenvalue weighted by atomic mass is 9.96. The quantitative estimate of drug-likeness (QED) is 0.893. The van der Waals surface area contributed by atoms with Gasteiger partial charge in [0.05, 0.1) is 25.8 Å². The van der Waals surface area contributed by atoms with Gasteiger partial charge in [-0.3, -0.25) is 14.5 Å². The SMILES string of the molecule is COc1ccc(C2C(C(C)=O)=C(O)C(=O)N2c2ccc(OC)cc2)cc1. The number of amides is 1. The predicted octanol–water partition coefficient (Wildman–Crippen LogP) is 3.19. The molecule has 3 rings (SSSR count). The Kier molecular flexibility index (Phi) is 4.67. The first-order valence-corrected chi connectivity index (χ1v) is 8.03. The number of hydrogen-bond acceptors (Lipinski definition) is 5. The van der Waals surface area contributed by atoms with E-state index in [9.17, 15) is 14.7 Å². The van der Waals surface area contributed by atoms with E-state index < -0.39 is 17.7 Å². The number of anilines is 1. The van der Waals surface area contributed by atoms with E-state index in [0.717, 1.165) is 0 Å². The van der Waals surface area contributed by atoms with Gasteiger partial charge in [-0.2, -0.15) is 0 Å². The van der Waals surface area contributed by atoms with Crippen molar-refractivity contribution < 1.29 is 24.2 Å². The van der Waals surface area contributed by atoms with E-state index >= 15 is 0 Å². The Hall–Kier alpha value is -3.28. The summed E-state index contributed by atoms with van der Waals surface area (Å²) in [4.78, 5) is 26.2. The van der Waals surface area contributed by atoms with Crippen LogP contribution in [0.4, 0.5) is 5.69 Å². The summed E-state index contributed by atoms with van der Waals surface area (Å²) >= 11 is 0. The number of rotatable bonds is 5. The number of aliphatic hydroxyl groups excluding tert-OH is 1. The molecule has 0 saturated heterocycles. The molecule has 2 aromatic rings. The molecule has 1 N–H and O–H groups in total. The minimum absolute atomic E-state index is 0.0796. The monoisotopic (exact) mass is 353 g/mol. The van der Waals surface area contributed by atoms with Crippen LogP contribution in [0.25, 0.3) is 0 Å². The molecule has 1 aliphatic rings. The fraction of sp³-hybridized carbons (Fsp3) is 0.200. The second-order valence-corrected chi connectivity index (χ2v) is 5.87. The van der Waals surface area contributed by atoms with Crippen LogP contribution in [0.15, 0.2) is 59.9 Å². The van der Waals surface area contributed by atoms with Crippen LogP contribution in [0.2, 0.25) is 0 Å². The molecule has 0 spiro atoms. The van der Waals surface area contributed by atoms with Crippen molar-refractivity contribution in [1.82, 2.24) is 0 Å². The van der Waals surface area contributed by atoms with Crippen molar-refractivity contribution in [2.24, 2.45) is 0 Å². The number of aliphatic hydroxyl groups is 1. The van der Waals surface area contributed by atoms with Gasteiger partial charge in [0.2, 0.25) is 0 Å². The first-order valence-electron chi connectivity index (χ1n) is 8.03. The fourth-order valence-corrected chi connectivity index (χ4v) is 3.08. The highest BCUT2D eigenvalue weighted by Crippen LogP contribution is 2.41. The Morgan fingerprint density at radius 3 is 1.92 bits per heavy atom. The third-order valence-corrected chi connectivity index (χ3v) is 4.37. The lowest BCUT2D eigenvalue weighted by Gasteiger charge is -2.27. The molecule has 0 fully saturated rings. The van der Waals surface area contributed by atoms with Gasteiger partial charge in [-0.15, -0.1) is 0 Å². The fourth-order valence-electron chi connectivity index (χ4n) is 3.08. The molecule has 0 saturated carbocycles. The highest BCUT2D eigenvalue weighted by molar-refractivity contribution is 6.16. The average molecular weight is 353 g/mol. The Labute approximate surface area is 151 Å². The van der Waals surface area contributed by atoms with Gasteiger partial charge in [0, 0.05) is 5.69 Å². The van der Waals surface area contributed by atoms with Crippen LogP contribution in [-0.2, 0) is 9.59 Å². The zero-order valence-corrected chi connectivity index (χ0v) is 14.7. The maximum atomic E-state index is 12.7. The molecule has 1 unspecified atom stereocenters. The molecule has 0 aromatic heterocycles. The molecule has 1 amide bonds. The second-order valence-electron chi connectivity index (χ2n) is 5.87. The van der Waals surface area contributed by atoms with E-state index in [2.05, 4.69) is 0 Å². The summed E-state index contributed by atoms with van der Waals surface area (Å²) in [5.41, 5.74) is 1.33. The molecule has 0 bridgehead atoms. The van der Waals surface area contributed by atoms with Crippen molar-refractivity contribution in [1.29, 1.82) is 0 Å². The van der Waals surface area contributed by atoms with Crippen molar-refractivity contribution in [3.05, 3.63) is 65.4 Å². The van der Waals surface area contributed by atoms with E-state index in [-0.39, 0.29) is 11.4 Å². The number of nitrogens with zero attached hydrogens (tertiary/aromatic N) is 1. The van der Waals surface area contributed by atoms with Crippen LogP contribution in [-0.4, -0.2) is 31.0 Å². The summed E-state index contributed by atoms with van der Waals surface area (Å²) in [6, 6.07) is 13.2. The van der Waals surface area contributed by atoms with Gasteiger partial charge in [0.1, 0.15) is 11.5 Å². The average Bonchev–Trinajstić information content (AvgIpc) is 2.93. The Morgan fingerprint density at radius 1 is 0.962 bits per heavy atom. The van der Waals surface area contributed by atoms with Gasteiger partial charge in [0.15, 0.2) is 11.5 Å². The third kappa shape index (κ3) is 2.90. The van der Waals surface area contributed by atoms with E-state index in [4.69, 9.17) is 9.47 Å². The first-order chi connectivity index (χ1) is 12.5. The van der Waals surface area contributed by atoms with Crippen LogP contribution in [0.5, 0.6) is 11.5 Å². The van der Waals surface area contributed by atoms with Crippen molar-refractivity contribution in [2.45, 2.75) is 13.0 Å². The number of carbonyl (C=O) groups excluding carboxylic acids is 2. The van der Waals surface area contributed by atoms with Crippen molar-refractivity contribution >= 4 is 17.4 Å². The number of Topliss-reactive ketones (excluding diaryl/α,β-unsaturated/α-hetero) is 1. The highest BCUT2D eigenvalue weighted by atomic mass is 16.5. The molecule has 26 heavy (non-hydrogen) atoms. The van der Waals surface area contributed by atoms with Crippen LogP contribution in [0.1, 0.15) is 18.5 Å². The Balaban J connectivity index is 2.11. The first kappa shape index (κ1) is 17.5. The van der Waals surface area contributed by atoms with Gasteiger partial charge >= 0.3 is 0 Å². The molecule has 134 valence electrons. The molecule has 6 heteroatoms. The highest BCUT2D eigenvalue weighted by Gasteiger charge is 2.43. The number of ether oxygens (including phenoxy) is 2. The number of methoxy groups -OCH3 is 2. The van der Waals surface area contributed by atoms with Crippen molar-refractivity contribution in [3.8, 4) is 11.5 Å². The molecule has 6 nitrogen and oxygen atoms in total. The van der Waals surface area contributed by atoms with Gasteiger partial charge < -0.3 is 14.6 Å². The second kappa shape index (κ2) is 6.92. The Bertz CT molecular complexity index is 868. The van der Waals surface area contributed by atoms with Crippen LogP contribution >= 0.6 is 0 Å². The standard InChI is InChI=1S/C20H19NO5/c1-12(22)17-18(13-4-8-15(25-2)9-5-13)21(20(24)19(17)23)14-6-10-16(26-3)11-7-14/h4-11,18,23H,1-3H3. The topological polar surface area (TPSA) is 76.1 Å². The molecule has 0 aliphatic carbocycles. The van der Waals surface area contributed by atoms with Crippen LogP contribution in [0.3, 0.4) is 0 Å². The van der Waals surface area contributed by atoms with E-state index in [0.29, 0.717) is 22.7 Å². The molecule has 1 aliphatic heterocycles. The molecule has 1 heterocycles. The van der Waals surface area contributed by atoms with Gasteiger partial charge in [0.25, 0.3) is 5.91 Å².